The number of piperidine rings is 3. The van der Waals surface area contributed by atoms with Gasteiger partial charge in [0, 0.05) is 126 Å². The Morgan fingerprint density at radius 1 is 0.448 bits per heavy atom. The predicted octanol–water partition coefficient (Wildman–Crippen LogP) is 12.8. The first-order valence-electron chi connectivity index (χ1n) is 32.6. The molecule has 3 aliphatic rings. The van der Waals surface area contributed by atoms with Gasteiger partial charge in [0.25, 0.3) is 0 Å². The number of anilines is 3. The summed E-state index contributed by atoms with van der Waals surface area (Å²) >= 11 is 6.29. The molecule has 0 amide bonds. The summed E-state index contributed by atoms with van der Waals surface area (Å²) in [4.78, 5) is 34.4. The molecule has 0 bridgehead atoms. The highest BCUT2D eigenvalue weighted by Gasteiger charge is 2.42. The van der Waals surface area contributed by atoms with Crippen LogP contribution in [0.1, 0.15) is 133 Å². The molecule has 7 N–H and O–H groups in total. The summed E-state index contributed by atoms with van der Waals surface area (Å²) in [6, 6.07) is 19.4. The molecule has 6 aromatic heterocycles. The van der Waals surface area contributed by atoms with Gasteiger partial charge in [-0.1, -0.05) is 29.8 Å². The van der Waals surface area contributed by atoms with Crippen molar-refractivity contribution in [2.45, 2.75) is 180 Å². The number of aromatic hydroxyl groups is 3. The fourth-order valence-corrected chi connectivity index (χ4v) is 15.1. The number of aromatic amines is 1. The van der Waals surface area contributed by atoms with E-state index < -0.39 is 0 Å². The zero-order valence-corrected chi connectivity index (χ0v) is 59.6. The lowest BCUT2D eigenvalue weighted by atomic mass is 9.79. The highest BCUT2D eigenvalue weighted by molar-refractivity contribution is 6.32. The van der Waals surface area contributed by atoms with Crippen molar-refractivity contribution >= 4 is 29.1 Å². The second-order valence-electron chi connectivity index (χ2n) is 30.2. The summed E-state index contributed by atoms with van der Waals surface area (Å²) < 4.78 is 3.42. The first-order valence-corrected chi connectivity index (χ1v) is 33.0. The molecule has 9 aromatic rings. The average Bonchev–Trinajstić information content (AvgIpc) is 1.07. The fourth-order valence-electron chi connectivity index (χ4n) is 14.9. The highest BCUT2D eigenvalue weighted by Crippen LogP contribution is 2.40. The van der Waals surface area contributed by atoms with Crippen LogP contribution in [0.15, 0.2) is 110 Å². The van der Waals surface area contributed by atoms with Crippen LogP contribution >= 0.6 is 11.6 Å². The van der Waals surface area contributed by atoms with Crippen LogP contribution in [0.25, 0.3) is 67.2 Å². The van der Waals surface area contributed by atoms with E-state index in [2.05, 4.69) is 191 Å². The number of hydrogen-bond acceptors (Lipinski definition) is 19. The first-order chi connectivity index (χ1) is 45.0. The molecule has 0 radical (unpaired) electrons. The number of benzene rings is 3. The number of rotatable bonds is 12. The fraction of sp³-hybridized carbons (Fsp3) is 0.452. The molecule has 9 heterocycles. The third kappa shape index (κ3) is 15.9. The number of aromatic nitrogens is 12. The Bertz CT molecular complexity index is 4030. The number of halogens is 1. The van der Waals surface area contributed by atoms with Crippen molar-refractivity contribution in [3.63, 3.8) is 0 Å². The number of nitrogens with one attached hydrogen (secondary N) is 4. The first kappa shape index (κ1) is 69.8. The Kier molecular flexibility index (Phi) is 19.6. The number of H-pyrrole nitrogens is 1. The molecule has 23 heteroatoms. The zero-order chi connectivity index (χ0) is 69.6. The standard InChI is InChI=1S/C25H34N6O.C24H31ClN6O.C24H29N7O/c1-16-20(13-28-31(16)7)17-8-9-19(22(32)10-17)21-14-27-23(15-26-21)30(6)18-11-24(2,3)29-25(4,5)12-18;1-23(2)10-16(11-24(3,4)29-23)30(5)21-14-26-19(13-27-21)17-8-7-15(9-20(17)32)18-12-28-31(6)22(18)25;1-23(2)9-16(10-24(3,4)30-23)31(5)22-14-26-20(13-27-22)17-7-6-15(8-21(17)32)18-12-28-29-19(18)11-25/h8-10,13-15,18,29,32H,11-12H2,1-7H3;7-9,12-14,16,29,32H,10-11H2,1-6H3;6-8,12-14,16,30,32H,9-10H2,1-5H3,(H,28,29). The number of hydrogen-bond donors (Lipinski definition) is 7. The van der Waals surface area contributed by atoms with Crippen molar-refractivity contribution in [1.82, 2.24) is 75.6 Å². The minimum Gasteiger partial charge on any atom is -0.507 e. The lowest BCUT2D eigenvalue weighted by Crippen LogP contribution is -2.62. The molecule has 3 aliphatic heterocycles. The molecular weight excluding hydrogens is 1230 g/mol. The van der Waals surface area contributed by atoms with Gasteiger partial charge < -0.3 is 46.0 Å². The molecule has 22 nitrogen and oxygen atoms in total. The van der Waals surface area contributed by atoms with Gasteiger partial charge in [-0.25, -0.2) is 15.0 Å². The predicted molar refractivity (Wildman–Crippen MR) is 382 cm³/mol. The highest BCUT2D eigenvalue weighted by atomic mass is 35.5. The van der Waals surface area contributed by atoms with Crippen molar-refractivity contribution in [2.75, 3.05) is 35.8 Å². The van der Waals surface area contributed by atoms with Crippen LogP contribution in [0.2, 0.25) is 5.15 Å². The third-order valence-electron chi connectivity index (χ3n) is 18.8. The molecule has 0 atom stereocenters. The second kappa shape index (κ2) is 26.9. The van der Waals surface area contributed by atoms with E-state index in [1.807, 2.05) is 55.2 Å². The van der Waals surface area contributed by atoms with Crippen molar-refractivity contribution in [1.29, 1.82) is 5.26 Å². The maximum Gasteiger partial charge on any atom is 0.147 e. The van der Waals surface area contributed by atoms with E-state index in [1.54, 1.807) is 85.6 Å². The molecular formula is C73H94ClN19O3. The van der Waals surface area contributed by atoms with Gasteiger partial charge >= 0.3 is 0 Å². The third-order valence-corrected chi connectivity index (χ3v) is 19.2. The Morgan fingerprint density at radius 2 is 0.771 bits per heavy atom. The van der Waals surface area contributed by atoms with Crippen LogP contribution in [-0.4, -0.2) is 147 Å². The van der Waals surface area contributed by atoms with E-state index in [-0.39, 0.29) is 50.5 Å². The number of phenolic OH excluding ortho intramolecular Hbond substituents is 3. The molecule has 3 fully saturated rings. The minimum atomic E-state index is 0.0436. The number of aryl methyl sites for hydroxylation is 2. The number of phenols is 3. The van der Waals surface area contributed by atoms with E-state index in [4.69, 9.17) is 11.6 Å². The van der Waals surface area contributed by atoms with Gasteiger partial charge in [-0.05, 0) is 182 Å². The number of nitrogens with zero attached hydrogens (tertiary/aromatic N) is 15. The molecule has 0 unspecified atom stereocenters. The Labute approximate surface area is 569 Å². The summed E-state index contributed by atoms with van der Waals surface area (Å²) in [7, 11) is 9.92. The van der Waals surface area contributed by atoms with Crippen molar-refractivity contribution in [3.05, 3.63) is 127 Å². The summed E-state index contributed by atoms with van der Waals surface area (Å²) in [5, 5.41) is 67.8. The Balaban J connectivity index is 0.000000157. The molecule has 3 aromatic carbocycles. The summed E-state index contributed by atoms with van der Waals surface area (Å²) in [6.07, 6.45) is 21.7. The molecule has 0 saturated carbocycles. The topological polar surface area (TPSA) is 272 Å². The smallest absolute Gasteiger partial charge is 0.147 e. The van der Waals surface area contributed by atoms with Gasteiger partial charge in [-0.2, -0.15) is 20.6 Å². The molecule has 3 saturated heterocycles. The largest absolute Gasteiger partial charge is 0.507 e. The van der Waals surface area contributed by atoms with Gasteiger partial charge in [0.1, 0.15) is 51.6 Å². The van der Waals surface area contributed by atoms with Gasteiger partial charge in [0.2, 0.25) is 0 Å². The molecule has 12 rings (SSSR count). The van der Waals surface area contributed by atoms with Gasteiger partial charge in [-0.15, -0.1) is 0 Å². The minimum absolute atomic E-state index is 0.0436. The normalized spacial score (nSPS) is 17.9. The van der Waals surface area contributed by atoms with Gasteiger partial charge in [-0.3, -0.25) is 29.4 Å². The quantitative estimate of drug-likeness (QED) is 0.0599. The molecule has 0 spiro atoms. The molecule has 0 aliphatic carbocycles. The Morgan fingerprint density at radius 3 is 1.05 bits per heavy atom. The van der Waals surface area contributed by atoms with Crippen LogP contribution in [0.5, 0.6) is 17.2 Å². The van der Waals surface area contributed by atoms with Crippen LogP contribution in [0.3, 0.4) is 0 Å². The lowest BCUT2D eigenvalue weighted by Gasteiger charge is -2.49. The monoisotopic (exact) mass is 1320 g/mol. The van der Waals surface area contributed by atoms with Crippen LogP contribution in [-0.2, 0) is 14.1 Å². The lowest BCUT2D eigenvalue weighted by molar-refractivity contribution is 0.160. The molecule has 96 heavy (non-hydrogen) atoms. The van der Waals surface area contributed by atoms with Crippen LogP contribution in [0, 0.1) is 18.3 Å². The number of nitriles is 1. The van der Waals surface area contributed by atoms with Gasteiger partial charge in [0.05, 0.1) is 72.9 Å². The summed E-state index contributed by atoms with van der Waals surface area (Å²) in [5.41, 5.74) is 10.3. The van der Waals surface area contributed by atoms with Crippen molar-refractivity contribution in [2.24, 2.45) is 14.1 Å². The van der Waals surface area contributed by atoms with E-state index in [1.165, 1.54) is 0 Å². The van der Waals surface area contributed by atoms with Gasteiger partial charge in [0.15, 0.2) is 0 Å². The SMILES string of the molecule is CN(c1cnc(-c2ccc(-c3cn[nH]c3C#N)cc2O)cn1)C1CC(C)(C)NC(C)(C)C1.CN(c1cnc(-c2ccc(-c3cnn(C)c3Cl)cc2O)cn1)C1CC(C)(C)NC(C)(C)C1.Cc1c(-c2ccc(-c3cnc(N(C)C4CC(C)(C)NC(C)(C)C4)cn3)c(O)c2)cnn1C. The van der Waals surface area contributed by atoms with E-state index in [0.717, 1.165) is 83.9 Å². The second-order valence-corrected chi connectivity index (χ2v) is 30.5. The van der Waals surface area contributed by atoms with Crippen LogP contribution in [0.4, 0.5) is 17.5 Å². The molecule has 506 valence electrons. The zero-order valence-electron chi connectivity index (χ0n) is 58.8. The van der Waals surface area contributed by atoms with Crippen LogP contribution < -0.4 is 30.7 Å². The van der Waals surface area contributed by atoms with E-state index >= 15 is 0 Å². The average molecular weight is 1320 g/mol. The summed E-state index contributed by atoms with van der Waals surface area (Å²) in [5.74, 6) is 2.85. The van der Waals surface area contributed by atoms with Crippen molar-refractivity contribution < 1.29 is 15.3 Å². The van der Waals surface area contributed by atoms with E-state index in [0.29, 0.717) is 73.9 Å². The maximum atomic E-state index is 10.7. The van der Waals surface area contributed by atoms with E-state index in [9.17, 15) is 20.6 Å². The summed E-state index contributed by atoms with van der Waals surface area (Å²) in [6.45, 7) is 28.9. The van der Waals surface area contributed by atoms with Crippen molar-refractivity contribution in [3.8, 4) is 90.5 Å². The maximum absolute atomic E-state index is 10.7. The Hall–Kier alpha value is -9.01.